The van der Waals surface area contributed by atoms with Crippen molar-refractivity contribution in [1.82, 2.24) is 4.72 Å². The molecule has 0 saturated heterocycles. The number of nitrogens with zero attached hydrogens (tertiary/aromatic N) is 1. The van der Waals surface area contributed by atoms with Crippen LogP contribution in [0.4, 0.5) is 11.4 Å². The predicted octanol–water partition coefficient (Wildman–Crippen LogP) is 2.97. The topological polar surface area (TPSA) is 75.4 Å². The van der Waals surface area contributed by atoms with Crippen molar-refractivity contribution in [2.45, 2.75) is 11.4 Å². The van der Waals surface area contributed by atoms with E-state index in [1.165, 1.54) is 0 Å². The molecule has 0 aliphatic rings. The zero-order valence-corrected chi connectivity index (χ0v) is 15.0. The SMILES string of the molecule is CN(C)c1ccc(CNS(=O)(=O)c2cccc3c(N)cccc23)cc1. The minimum absolute atomic E-state index is 0.231. The molecule has 0 unspecified atom stereocenters. The summed E-state index contributed by atoms with van der Waals surface area (Å²) in [4.78, 5) is 2.23. The Morgan fingerprint density at radius 2 is 1.56 bits per heavy atom. The Morgan fingerprint density at radius 3 is 2.24 bits per heavy atom. The second-order valence-electron chi connectivity index (χ2n) is 6.08. The largest absolute Gasteiger partial charge is 0.398 e. The Bertz CT molecular complexity index is 997. The Labute approximate surface area is 148 Å². The first-order valence-corrected chi connectivity index (χ1v) is 9.40. The van der Waals surface area contributed by atoms with Crippen LogP contribution in [-0.4, -0.2) is 22.5 Å². The second-order valence-corrected chi connectivity index (χ2v) is 7.82. The smallest absolute Gasteiger partial charge is 0.241 e. The molecule has 0 bridgehead atoms. The highest BCUT2D eigenvalue weighted by Crippen LogP contribution is 2.27. The summed E-state index contributed by atoms with van der Waals surface area (Å²) in [5.41, 5.74) is 8.48. The molecular weight excluding hydrogens is 334 g/mol. The molecule has 0 fully saturated rings. The third-order valence-electron chi connectivity index (χ3n) is 4.12. The lowest BCUT2D eigenvalue weighted by Crippen LogP contribution is -2.23. The van der Waals surface area contributed by atoms with Crippen LogP contribution in [0.5, 0.6) is 0 Å². The maximum Gasteiger partial charge on any atom is 0.241 e. The molecule has 5 nitrogen and oxygen atoms in total. The van der Waals surface area contributed by atoms with Crippen molar-refractivity contribution in [2.75, 3.05) is 24.7 Å². The van der Waals surface area contributed by atoms with Gasteiger partial charge in [-0.15, -0.1) is 0 Å². The number of nitrogens with two attached hydrogens (primary N) is 1. The highest BCUT2D eigenvalue weighted by atomic mass is 32.2. The standard InChI is InChI=1S/C19H21N3O2S/c1-22(2)15-11-9-14(10-12-15)13-21-25(23,24)19-8-4-5-16-17(19)6-3-7-18(16)20/h3-12,21H,13,20H2,1-2H3. The van der Waals surface area contributed by atoms with Crippen molar-refractivity contribution < 1.29 is 8.42 Å². The summed E-state index contributed by atoms with van der Waals surface area (Å²) in [5.74, 6) is 0. The summed E-state index contributed by atoms with van der Waals surface area (Å²) < 4.78 is 28.2. The number of fused-ring (bicyclic) bond motifs is 1. The molecule has 3 rings (SSSR count). The minimum Gasteiger partial charge on any atom is -0.398 e. The summed E-state index contributed by atoms with van der Waals surface area (Å²) in [7, 11) is 0.280. The van der Waals surface area contributed by atoms with Crippen LogP contribution < -0.4 is 15.4 Å². The summed E-state index contributed by atoms with van der Waals surface area (Å²) in [6.45, 7) is 0.231. The molecule has 3 aromatic carbocycles. The maximum atomic E-state index is 12.7. The van der Waals surface area contributed by atoms with Gasteiger partial charge in [-0.3, -0.25) is 0 Å². The van der Waals surface area contributed by atoms with Gasteiger partial charge in [0.05, 0.1) is 4.90 Å². The zero-order chi connectivity index (χ0) is 18.0. The Balaban J connectivity index is 1.86. The summed E-state index contributed by atoms with van der Waals surface area (Å²) >= 11 is 0. The first-order chi connectivity index (χ1) is 11.9. The third-order valence-corrected chi connectivity index (χ3v) is 5.58. The van der Waals surface area contributed by atoms with E-state index >= 15 is 0 Å². The van der Waals surface area contributed by atoms with Gasteiger partial charge in [-0.1, -0.05) is 36.4 Å². The van der Waals surface area contributed by atoms with E-state index in [1.54, 1.807) is 30.3 Å². The Morgan fingerprint density at radius 1 is 0.920 bits per heavy atom. The van der Waals surface area contributed by atoms with E-state index in [-0.39, 0.29) is 11.4 Å². The molecule has 0 aliphatic carbocycles. The third kappa shape index (κ3) is 3.60. The van der Waals surface area contributed by atoms with E-state index in [0.29, 0.717) is 11.1 Å². The van der Waals surface area contributed by atoms with Gasteiger partial charge in [0, 0.05) is 42.8 Å². The van der Waals surface area contributed by atoms with Crippen molar-refractivity contribution >= 4 is 32.2 Å². The van der Waals surface area contributed by atoms with Crippen molar-refractivity contribution in [2.24, 2.45) is 0 Å². The van der Waals surface area contributed by atoms with E-state index in [9.17, 15) is 8.42 Å². The van der Waals surface area contributed by atoms with Crippen LogP contribution in [0.15, 0.2) is 65.6 Å². The van der Waals surface area contributed by atoms with Crippen molar-refractivity contribution in [1.29, 1.82) is 0 Å². The van der Waals surface area contributed by atoms with Gasteiger partial charge in [0.2, 0.25) is 10.0 Å². The Hall–Kier alpha value is -2.57. The lowest BCUT2D eigenvalue weighted by atomic mass is 10.1. The van der Waals surface area contributed by atoms with Crippen LogP contribution in [-0.2, 0) is 16.6 Å². The molecule has 25 heavy (non-hydrogen) atoms. The number of nitrogen functional groups attached to an aromatic ring is 1. The highest BCUT2D eigenvalue weighted by Gasteiger charge is 2.17. The zero-order valence-electron chi connectivity index (χ0n) is 14.2. The molecule has 0 amide bonds. The molecule has 3 N–H and O–H groups in total. The van der Waals surface area contributed by atoms with E-state index in [2.05, 4.69) is 4.72 Å². The Kier molecular flexibility index (Phi) is 4.65. The van der Waals surface area contributed by atoms with Gasteiger partial charge in [0.1, 0.15) is 0 Å². The maximum absolute atomic E-state index is 12.7. The molecule has 0 saturated carbocycles. The van der Waals surface area contributed by atoms with Crippen LogP contribution >= 0.6 is 0 Å². The molecule has 3 aromatic rings. The van der Waals surface area contributed by atoms with Gasteiger partial charge in [-0.05, 0) is 29.8 Å². The molecule has 0 aromatic heterocycles. The number of sulfonamides is 1. The average Bonchev–Trinajstić information content (AvgIpc) is 2.60. The quantitative estimate of drug-likeness (QED) is 0.690. The monoisotopic (exact) mass is 355 g/mol. The molecule has 0 aliphatic heterocycles. The van der Waals surface area contributed by atoms with Crippen molar-refractivity contribution in [3.05, 3.63) is 66.2 Å². The summed E-state index contributed by atoms with van der Waals surface area (Å²) in [6, 6.07) is 18.2. The minimum atomic E-state index is -3.64. The van der Waals surface area contributed by atoms with Gasteiger partial charge in [0.25, 0.3) is 0 Å². The number of benzene rings is 3. The normalized spacial score (nSPS) is 11.6. The first kappa shape index (κ1) is 17.3. The highest BCUT2D eigenvalue weighted by molar-refractivity contribution is 7.89. The molecule has 0 atom stereocenters. The second kappa shape index (κ2) is 6.74. The number of hydrogen-bond acceptors (Lipinski definition) is 4. The van der Waals surface area contributed by atoms with Crippen LogP contribution in [0, 0.1) is 0 Å². The van der Waals surface area contributed by atoms with Gasteiger partial charge >= 0.3 is 0 Å². The van der Waals surface area contributed by atoms with Gasteiger partial charge in [-0.2, -0.15) is 0 Å². The van der Waals surface area contributed by atoms with Crippen LogP contribution in [0.25, 0.3) is 10.8 Å². The number of rotatable bonds is 5. The average molecular weight is 355 g/mol. The molecule has 0 radical (unpaired) electrons. The summed E-state index contributed by atoms with van der Waals surface area (Å²) in [6.07, 6.45) is 0. The van der Waals surface area contributed by atoms with Crippen LogP contribution in [0.3, 0.4) is 0 Å². The molecule has 0 heterocycles. The fraction of sp³-hybridized carbons (Fsp3) is 0.158. The number of hydrogen-bond donors (Lipinski definition) is 2. The van der Waals surface area contributed by atoms with E-state index in [0.717, 1.165) is 16.6 Å². The molecule has 0 spiro atoms. The molecular formula is C19H21N3O2S. The van der Waals surface area contributed by atoms with Gasteiger partial charge in [0.15, 0.2) is 0 Å². The lowest BCUT2D eigenvalue weighted by molar-refractivity contribution is 0.582. The van der Waals surface area contributed by atoms with Crippen molar-refractivity contribution in [3.8, 4) is 0 Å². The molecule has 6 heteroatoms. The fourth-order valence-corrected chi connectivity index (χ4v) is 3.95. The first-order valence-electron chi connectivity index (χ1n) is 7.91. The number of anilines is 2. The fourth-order valence-electron chi connectivity index (χ4n) is 2.71. The lowest BCUT2D eigenvalue weighted by Gasteiger charge is -2.13. The van der Waals surface area contributed by atoms with Gasteiger partial charge < -0.3 is 10.6 Å². The van der Waals surface area contributed by atoms with Crippen molar-refractivity contribution in [3.63, 3.8) is 0 Å². The van der Waals surface area contributed by atoms with Gasteiger partial charge in [-0.25, -0.2) is 13.1 Å². The number of nitrogens with one attached hydrogen (secondary N) is 1. The van der Waals surface area contributed by atoms with Crippen LogP contribution in [0.1, 0.15) is 5.56 Å². The summed E-state index contributed by atoms with van der Waals surface area (Å²) in [5, 5.41) is 1.36. The molecule has 130 valence electrons. The van der Waals surface area contributed by atoms with E-state index < -0.39 is 10.0 Å². The van der Waals surface area contributed by atoms with E-state index in [4.69, 9.17) is 5.73 Å². The van der Waals surface area contributed by atoms with Crippen LogP contribution in [0.2, 0.25) is 0 Å². The van der Waals surface area contributed by atoms with E-state index in [1.807, 2.05) is 49.3 Å². The predicted molar refractivity (Wildman–Crippen MR) is 103 cm³/mol.